The summed E-state index contributed by atoms with van der Waals surface area (Å²) in [5.74, 6) is 0. The van der Waals surface area contributed by atoms with Gasteiger partial charge in [0.05, 0.1) is 6.04 Å². The van der Waals surface area contributed by atoms with Gasteiger partial charge in [0.25, 0.3) is 6.43 Å². The van der Waals surface area contributed by atoms with Gasteiger partial charge < -0.3 is 5.32 Å². The van der Waals surface area contributed by atoms with Crippen molar-refractivity contribution in [3.05, 3.63) is 11.6 Å². The first-order valence-electron chi connectivity index (χ1n) is 3.74. The Kier molecular flexibility index (Phi) is 5.03. The minimum absolute atomic E-state index is 0.568. The van der Waals surface area contributed by atoms with Crippen LogP contribution in [0.25, 0.3) is 0 Å². The summed E-state index contributed by atoms with van der Waals surface area (Å²) in [5.41, 5.74) is 0.913. The Bertz CT molecular complexity index is 128. The summed E-state index contributed by atoms with van der Waals surface area (Å²) in [6.45, 7) is 6.01. The molecule has 0 heterocycles. The maximum absolute atomic E-state index is 12.1. The fourth-order valence-corrected chi connectivity index (χ4v) is 0.816. The van der Waals surface area contributed by atoms with Gasteiger partial charge in [0.1, 0.15) is 0 Å². The zero-order valence-corrected chi connectivity index (χ0v) is 7.20. The molecule has 0 aliphatic rings. The van der Waals surface area contributed by atoms with Crippen molar-refractivity contribution in [2.45, 2.75) is 33.2 Å². The molecule has 0 amide bonds. The minimum atomic E-state index is -2.31. The van der Waals surface area contributed by atoms with Gasteiger partial charge in [0.2, 0.25) is 0 Å². The molecule has 11 heavy (non-hydrogen) atoms. The van der Waals surface area contributed by atoms with Gasteiger partial charge in [-0.15, -0.1) is 0 Å². The number of likely N-dealkylation sites (N-methyl/N-ethyl adjacent to an activating group) is 1. The van der Waals surface area contributed by atoms with E-state index in [0.717, 1.165) is 5.57 Å². The monoisotopic (exact) mass is 163 g/mol. The molecule has 0 rings (SSSR count). The Morgan fingerprint density at radius 3 is 2.27 bits per heavy atom. The number of allylic oxidation sites excluding steroid dienone is 1. The van der Waals surface area contributed by atoms with Crippen molar-refractivity contribution in [3.63, 3.8) is 0 Å². The Hall–Kier alpha value is -0.440. The van der Waals surface area contributed by atoms with Crippen LogP contribution in [0.4, 0.5) is 8.78 Å². The van der Waals surface area contributed by atoms with Crippen LogP contribution in [-0.4, -0.2) is 19.0 Å². The lowest BCUT2D eigenvalue weighted by atomic mass is 10.2. The van der Waals surface area contributed by atoms with Crippen LogP contribution in [-0.2, 0) is 0 Å². The zero-order valence-electron chi connectivity index (χ0n) is 7.20. The molecule has 0 aliphatic heterocycles. The van der Waals surface area contributed by atoms with Gasteiger partial charge in [0.15, 0.2) is 0 Å². The molecule has 1 N–H and O–H groups in total. The SMILES string of the molecule is CCNC(C=C(C)C)C(F)F. The summed E-state index contributed by atoms with van der Waals surface area (Å²) in [4.78, 5) is 0. The number of halogens is 2. The molecule has 0 saturated heterocycles. The molecular weight excluding hydrogens is 148 g/mol. The van der Waals surface area contributed by atoms with Crippen LogP contribution in [0.1, 0.15) is 20.8 Å². The Morgan fingerprint density at radius 1 is 1.45 bits per heavy atom. The van der Waals surface area contributed by atoms with Gasteiger partial charge in [0, 0.05) is 0 Å². The molecule has 0 aromatic carbocycles. The molecular formula is C8H15F2N. The summed E-state index contributed by atoms with van der Waals surface area (Å²) in [5, 5.41) is 2.69. The minimum Gasteiger partial charge on any atom is -0.306 e. The number of hydrogen-bond donors (Lipinski definition) is 1. The molecule has 66 valence electrons. The summed E-state index contributed by atoms with van der Waals surface area (Å²) in [6, 6.07) is -0.787. The molecule has 0 aliphatic carbocycles. The van der Waals surface area contributed by atoms with Gasteiger partial charge in [-0.05, 0) is 20.4 Å². The van der Waals surface area contributed by atoms with E-state index in [0.29, 0.717) is 6.54 Å². The van der Waals surface area contributed by atoms with Crippen LogP contribution in [0.2, 0.25) is 0 Å². The van der Waals surface area contributed by atoms with Gasteiger partial charge in [-0.25, -0.2) is 8.78 Å². The fraction of sp³-hybridized carbons (Fsp3) is 0.750. The van der Waals surface area contributed by atoms with Crippen LogP contribution in [0.3, 0.4) is 0 Å². The van der Waals surface area contributed by atoms with Crippen molar-refractivity contribution < 1.29 is 8.78 Å². The molecule has 3 heteroatoms. The van der Waals surface area contributed by atoms with Crippen LogP contribution >= 0.6 is 0 Å². The number of rotatable bonds is 4. The van der Waals surface area contributed by atoms with Gasteiger partial charge in [-0.3, -0.25) is 0 Å². The average Bonchev–Trinajstić information content (AvgIpc) is 1.86. The normalized spacial score (nSPS) is 13.3. The smallest absolute Gasteiger partial charge is 0.257 e. The molecule has 0 spiro atoms. The lowest BCUT2D eigenvalue weighted by Crippen LogP contribution is -2.33. The van der Waals surface area contributed by atoms with E-state index in [-0.39, 0.29) is 0 Å². The Labute approximate surface area is 66.5 Å². The standard InChI is InChI=1S/C8H15F2N/c1-4-11-7(8(9)10)5-6(2)3/h5,7-8,11H,4H2,1-3H3. The molecule has 1 unspecified atom stereocenters. The Morgan fingerprint density at radius 2 is 2.00 bits per heavy atom. The number of nitrogens with one attached hydrogen (secondary N) is 1. The van der Waals surface area contributed by atoms with Crippen LogP contribution in [0.15, 0.2) is 11.6 Å². The third kappa shape index (κ3) is 4.90. The lowest BCUT2D eigenvalue weighted by Gasteiger charge is -2.12. The Balaban J connectivity index is 4.00. The van der Waals surface area contributed by atoms with E-state index in [4.69, 9.17) is 0 Å². The molecule has 0 aromatic rings. The number of hydrogen-bond acceptors (Lipinski definition) is 1. The maximum Gasteiger partial charge on any atom is 0.257 e. The topological polar surface area (TPSA) is 12.0 Å². The zero-order chi connectivity index (χ0) is 8.85. The third-order valence-corrected chi connectivity index (χ3v) is 1.22. The van der Waals surface area contributed by atoms with E-state index >= 15 is 0 Å². The highest BCUT2D eigenvalue weighted by molar-refractivity contribution is 5.01. The quantitative estimate of drug-likeness (QED) is 0.626. The average molecular weight is 163 g/mol. The summed E-state index contributed by atoms with van der Waals surface area (Å²) in [6.07, 6.45) is -0.765. The van der Waals surface area contributed by atoms with Crippen molar-refractivity contribution in [2.24, 2.45) is 0 Å². The first-order chi connectivity index (χ1) is 5.07. The van der Waals surface area contributed by atoms with E-state index < -0.39 is 12.5 Å². The van der Waals surface area contributed by atoms with E-state index in [1.807, 2.05) is 20.8 Å². The van der Waals surface area contributed by atoms with Gasteiger partial charge in [-0.2, -0.15) is 0 Å². The first kappa shape index (κ1) is 10.6. The van der Waals surface area contributed by atoms with E-state index in [2.05, 4.69) is 5.32 Å². The van der Waals surface area contributed by atoms with E-state index in [1.54, 1.807) is 6.08 Å². The van der Waals surface area contributed by atoms with E-state index in [1.165, 1.54) is 0 Å². The molecule has 0 fully saturated rings. The third-order valence-electron chi connectivity index (χ3n) is 1.22. The summed E-state index contributed by atoms with van der Waals surface area (Å²) < 4.78 is 24.3. The predicted octanol–water partition coefficient (Wildman–Crippen LogP) is 2.20. The lowest BCUT2D eigenvalue weighted by molar-refractivity contribution is 0.118. The van der Waals surface area contributed by atoms with Crippen LogP contribution < -0.4 is 5.32 Å². The second-order valence-corrected chi connectivity index (χ2v) is 2.66. The molecule has 0 aromatic heterocycles. The fourth-order valence-electron chi connectivity index (χ4n) is 0.816. The van der Waals surface area contributed by atoms with Crippen molar-refractivity contribution in [3.8, 4) is 0 Å². The summed E-state index contributed by atoms with van der Waals surface area (Å²) in [7, 11) is 0. The second-order valence-electron chi connectivity index (χ2n) is 2.66. The number of alkyl halides is 2. The molecule has 0 saturated carbocycles. The van der Waals surface area contributed by atoms with Crippen molar-refractivity contribution in [1.29, 1.82) is 0 Å². The highest BCUT2D eigenvalue weighted by Gasteiger charge is 2.15. The van der Waals surface area contributed by atoms with E-state index in [9.17, 15) is 8.78 Å². The van der Waals surface area contributed by atoms with Gasteiger partial charge in [-0.1, -0.05) is 18.6 Å². The van der Waals surface area contributed by atoms with Crippen molar-refractivity contribution >= 4 is 0 Å². The first-order valence-corrected chi connectivity index (χ1v) is 3.74. The molecule has 1 atom stereocenters. The molecule has 0 bridgehead atoms. The molecule has 1 nitrogen and oxygen atoms in total. The highest BCUT2D eigenvalue weighted by Crippen LogP contribution is 2.04. The van der Waals surface area contributed by atoms with Gasteiger partial charge >= 0.3 is 0 Å². The highest BCUT2D eigenvalue weighted by atomic mass is 19.3. The van der Waals surface area contributed by atoms with Crippen molar-refractivity contribution in [2.75, 3.05) is 6.54 Å². The maximum atomic E-state index is 12.1. The van der Waals surface area contributed by atoms with Crippen LogP contribution in [0.5, 0.6) is 0 Å². The second kappa shape index (κ2) is 5.24. The summed E-state index contributed by atoms with van der Waals surface area (Å²) >= 11 is 0. The van der Waals surface area contributed by atoms with Crippen LogP contribution in [0, 0.1) is 0 Å². The largest absolute Gasteiger partial charge is 0.306 e. The van der Waals surface area contributed by atoms with Crippen molar-refractivity contribution in [1.82, 2.24) is 5.32 Å². The predicted molar refractivity (Wildman–Crippen MR) is 42.9 cm³/mol. The molecule has 0 radical (unpaired) electrons.